The van der Waals surface area contributed by atoms with E-state index in [9.17, 15) is 0 Å². The Kier molecular flexibility index (Phi) is 3.11. The van der Waals surface area contributed by atoms with Gasteiger partial charge in [0.05, 0.1) is 17.6 Å². The van der Waals surface area contributed by atoms with Crippen LogP contribution in [0.4, 0.5) is 5.69 Å². The van der Waals surface area contributed by atoms with Gasteiger partial charge in [-0.3, -0.25) is 10.8 Å². The number of hydrazine groups is 1. The van der Waals surface area contributed by atoms with Crippen LogP contribution >= 0.6 is 0 Å². The highest BCUT2D eigenvalue weighted by Gasteiger charge is 2.07. The second kappa shape index (κ2) is 4.71. The third-order valence-corrected chi connectivity index (χ3v) is 2.24. The van der Waals surface area contributed by atoms with Gasteiger partial charge < -0.3 is 5.43 Å². The molecule has 0 aromatic carbocycles. The maximum Gasteiger partial charge on any atom is 0.107 e. The highest BCUT2D eigenvalue weighted by molar-refractivity contribution is 5.59. The molecule has 2 aromatic heterocycles. The van der Waals surface area contributed by atoms with Crippen LogP contribution in [-0.4, -0.2) is 20.0 Å². The van der Waals surface area contributed by atoms with Gasteiger partial charge in [-0.05, 0) is 18.6 Å². The summed E-state index contributed by atoms with van der Waals surface area (Å²) in [7, 11) is 0. The molecule has 16 heavy (non-hydrogen) atoms. The quantitative estimate of drug-likeness (QED) is 0.591. The first-order valence-electron chi connectivity index (χ1n) is 5.16. The third-order valence-electron chi connectivity index (χ3n) is 2.24. The first-order valence-corrected chi connectivity index (χ1v) is 5.16. The predicted molar refractivity (Wildman–Crippen MR) is 61.4 cm³/mol. The zero-order chi connectivity index (χ0) is 11.4. The zero-order valence-corrected chi connectivity index (χ0v) is 9.09. The minimum atomic E-state index is 0.814. The van der Waals surface area contributed by atoms with Crippen LogP contribution < -0.4 is 11.3 Å². The number of nitrogen functional groups attached to an aromatic ring is 1. The summed E-state index contributed by atoms with van der Waals surface area (Å²) >= 11 is 0. The number of hydrogen-bond acceptors (Lipinski definition) is 5. The van der Waals surface area contributed by atoms with Crippen LogP contribution in [0.25, 0.3) is 11.4 Å². The number of nitrogens with zero attached hydrogens (tertiary/aromatic N) is 4. The van der Waals surface area contributed by atoms with Crippen LogP contribution in [-0.2, 0) is 6.54 Å². The van der Waals surface area contributed by atoms with Crippen LogP contribution in [0.1, 0.15) is 13.3 Å². The van der Waals surface area contributed by atoms with Crippen LogP contribution in [0.15, 0.2) is 24.5 Å². The summed E-state index contributed by atoms with van der Waals surface area (Å²) in [6, 6.07) is 3.67. The summed E-state index contributed by atoms with van der Waals surface area (Å²) in [5.41, 5.74) is 5.12. The van der Waals surface area contributed by atoms with E-state index in [1.807, 2.05) is 10.7 Å². The molecular formula is C10H14N6. The molecular weight excluding hydrogens is 204 g/mol. The van der Waals surface area contributed by atoms with Crippen LogP contribution in [0.5, 0.6) is 0 Å². The SMILES string of the molecule is CCCn1nncc1-c1cc(NN)ccn1. The van der Waals surface area contributed by atoms with Gasteiger partial charge in [0.1, 0.15) is 5.69 Å². The van der Waals surface area contributed by atoms with E-state index in [1.54, 1.807) is 18.5 Å². The largest absolute Gasteiger partial charge is 0.324 e. The van der Waals surface area contributed by atoms with Gasteiger partial charge >= 0.3 is 0 Å². The third kappa shape index (κ3) is 2.01. The van der Waals surface area contributed by atoms with Crippen molar-refractivity contribution in [2.45, 2.75) is 19.9 Å². The molecule has 0 saturated heterocycles. The molecule has 0 unspecified atom stereocenters. The number of aromatic nitrogens is 4. The molecule has 0 radical (unpaired) electrons. The monoisotopic (exact) mass is 218 g/mol. The van der Waals surface area contributed by atoms with Crippen LogP contribution in [0, 0.1) is 0 Å². The second-order valence-corrected chi connectivity index (χ2v) is 3.42. The highest BCUT2D eigenvalue weighted by atomic mass is 15.4. The van der Waals surface area contributed by atoms with Gasteiger partial charge in [-0.2, -0.15) is 0 Å². The fraction of sp³-hybridized carbons (Fsp3) is 0.300. The molecule has 84 valence electrons. The van der Waals surface area contributed by atoms with Crippen molar-refractivity contribution in [3.8, 4) is 11.4 Å². The second-order valence-electron chi connectivity index (χ2n) is 3.42. The summed E-state index contributed by atoms with van der Waals surface area (Å²) in [6.07, 6.45) is 4.41. The van der Waals surface area contributed by atoms with Crippen molar-refractivity contribution in [1.82, 2.24) is 20.0 Å². The highest BCUT2D eigenvalue weighted by Crippen LogP contribution is 2.18. The molecule has 2 rings (SSSR count). The van der Waals surface area contributed by atoms with E-state index in [2.05, 4.69) is 27.6 Å². The van der Waals surface area contributed by atoms with E-state index in [-0.39, 0.29) is 0 Å². The Bertz CT molecular complexity index is 464. The molecule has 2 heterocycles. The number of aryl methyl sites for hydroxylation is 1. The van der Waals surface area contributed by atoms with Gasteiger partial charge in [-0.15, -0.1) is 5.10 Å². The Balaban J connectivity index is 2.37. The minimum absolute atomic E-state index is 0.814. The predicted octanol–water partition coefficient (Wildman–Crippen LogP) is 1.04. The topological polar surface area (TPSA) is 81.7 Å². The van der Waals surface area contributed by atoms with Gasteiger partial charge in [0, 0.05) is 12.7 Å². The van der Waals surface area contributed by atoms with Gasteiger partial charge in [0.15, 0.2) is 0 Å². The molecule has 0 fully saturated rings. The fourth-order valence-electron chi connectivity index (χ4n) is 1.49. The number of rotatable bonds is 4. The lowest BCUT2D eigenvalue weighted by Crippen LogP contribution is -2.07. The molecule has 0 aliphatic carbocycles. The fourth-order valence-corrected chi connectivity index (χ4v) is 1.49. The van der Waals surface area contributed by atoms with Crippen molar-refractivity contribution in [3.63, 3.8) is 0 Å². The van der Waals surface area contributed by atoms with Crippen molar-refractivity contribution >= 4 is 5.69 Å². The van der Waals surface area contributed by atoms with Crippen LogP contribution in [0.2, 0.25) is 0 Å². The molecule has 6 heteroatoms. The summed E-state index contributed by atoms with van der Waals surface area (Å²) in [5, 5.41) is 7.91. The van der Waals surface area contributed by atoms with E-state index in [1.165, 1.54) is 0 Å². The summed E-state index contributed by atoms with van der Waals surface area (Å²) < 4.78 is 1.84. The van der Waals surface area contributed by atoms with E-state index >= 15 is 0 Å². The minimum Gasteiger partial charge on any atom is -0.324 e. The first kappa shape index (κ1) is 10.6. The maximum atomic E-state index is 5.35. The summed E-state index contributed by atoms with van der Waals surface area (Å²) in [6.45, 7) is 2.92. The maximum absolute atomic E-state index is 5.35. The smallest absolute Gasteiger partial charge is 0.107 e. The lowest BCUT2D eigenvalue weighted by Gasteiger charge is -2.05. The normalized spacial score (nSPS) is 10.4. The molecule has 2 aromatic rings. The number of pyridine rings is 1. The molecule has 0 aliphatic rings. The van der Waals surface area contributed by atoms with Crippen molar-refractivity contribution in [1.29, 1.82) is 0 Å². The summed E-state index contributed by atoms with van der Waals surface area (Å²) in [4.78, 5) is 4.28. The number of nitrogens with one attached hydrogen (secondary N) is 1. The molecule has 0 saturated carbocycles. The number of anilines is 1. The molecule has 0 spiro atoms. The number of hydrogen-bond donors (Lipinski definition) is 2. The Morgan fingerprint density at radius 3 is 3.12 bits per heavy atom. The Morgan fingerprint density at radius 2 is 2.38 bits per heavy atom. The van der Waals surface area contributed by atoms with E-state index in [0.717, 1.165) is 30.0 Å². The molecule has 0 bridgehead atoms. The Hall–Kier alpha value is -1.95. The van der Waals surface area contributed by atoms with E-state index in [4.69, 9.17) is 5.84 Å². The van der Waals surface area contributed by atoms with Crippen molar-refractivity contribution in [2.24, 2.45) is 5.84 Å². The van der Waals surface area contributed by atoms with Gasteiger partial charge in [0.25, 0.3) is 0 Å². The van der Waals surface area contributed by atoms with Gasteiger partial charge in [-0.25, -0.2) is 4.68 Å². The van der Waals surface area contributed by atoms with Crippen LogP contribution in [0.3, 0.4) is 0 Å². The summed E-state index contributed by atoms with van der Waals surface area (Å²) in [5.74, 6) is 5.35. The average Bonchev–Trinajstić information content (AvgIpc) is 2.78. The van der Waals surface area contributed by atoms with Gasteiger partial charge in [-0.1, -0.05) is 12.1 Å². The average molecular weight is 218 g/mol. The van der Waals surface area contributed by atoms with E-state index < -0.39 is 0 Å². The standard InChI is InChI=1S/C10H14N6/c1-2-5-16-10(7-13-15-16)9-6-8(14-11)3-4-12-9/h3-4,6-7H,2,5,11H2,1H3,(H,12,14). The Labute approximate surface area is 93.5 Å². The molecule has 6 nitrogen and oxygen atoms in total. The van der Waals surface area contributed by atoms with Crippen molar-refractivity contribution in [2.75, 3.05) is 5.43 Å². The molecule has 0 atom stereocenters. The Morgan fingerprint density at radius 1 is 1.50 bits per heavy atom. The van der Waals surface area contributed by atoms with Crippen molar-refractivity contribution < 1.29 is 0 Å². The van der Waals surface area contributed by atoms with Crippen molar-refractivity contribution in [3.05, 3.63) is 24.5 Å². The molecule has 0 amide bonds. The number of nitrogens with two attached hydrogens (primary N) is 1. The van der Waals surface area contributed by atoms with Gasteiger partial charge in [0.2, 0.25) is 0 Å². The van der Waals surface area contributed by atoms with E-state index in [0.29, 0.717) is 0 Å². The molecule has 3 N–H and O–H groups in total. The lowest BCUT2D eigenvalue weighted by atomic mass is 10.2. The lowest BCUT2D eigenvalue weighted by molar-refractivity contribution is 0.583. The molecule has 0 aliphatic heterocycles. The first-order chi connectivity index (χ1) is 7.85. The zero-order valence-electron chi connectivity index (χ0n) is 9.09.